The Morgan fingerprint density at radius 2 is 1.84 bits per heavy atom. The quantitative estimate of drug-likeness (QED) is 0.870. The molecular formula is C19H22FN3O2. The summed E-state index contributed by atoms with van der Waals surface area (Å²) in [5.41, 5.74) is 2.42. The summed E-state index contributed by atoms with van der Waals surface area (Å²) in [6.45, 7) is 3.66. The lowest BCUT2D eigenvalue weighted by Gasteiger charge is -2.25. The number of rotatable bonds is 5. The third-order valence-electron chi connectivity index (χ3n) is 3.94. The van der Waals surface area contributed by atoms with Crippen LogP contribution in [-0.2, 0) is 11.3 Å². The minimum Gasteiger partial charge on any atom is -0.334 e. The van der Waals surface area contributed by atoms with E-state index in [0.717, 1.165) is 11.1 Å². The van der Waals surface area contributed by atoms with Gasteiger partial charge in [-0.2, -0.15) is 0 Å². The predicted octanol–water partition coefficient (Wildman–Crippen LogP) is 3.69. The summed E-state index contributed by atoms with van der Waals surface area (Å²) >= 11 is 0. The lowest BCUT2D eigenvalue weighted by atomic mass is 10.1. The summed E-state index contributed by atoms with van der Waals surface area (Å²) in [5.74, 6) is -0.448. The Bertz CT molecular complexity index is 747. The Labute approximate surface area is 146 Å². The van der Waals surface area contributed by atoms with Gasteiger partial charge >= 0.3 is 6.03 Å². The smallest absolute Gasteiger partial charge is 0.317 e. The number of hydrogen-bond acceptors (Lipinski definition) is 2. The molecule has 0 saturated carbocycles. The van der Waals surface area contributed by atoms with Gasteiger partial charge in [0.1, 0.15) is 5.82 Å². The average Bonchev–Trinajstić information content (AvgIpc) is 2.59. The third-order valence-corrected chi connectivity index (χ3v) is 3.94. The van der Waals surface area contributed by atoms with Gasteiger partial charge in [-0.25, -0.2) is 9.18 Å². The molecule has 3 amide bonds. The maximum atomic E-state index is 13.0. The molecule has 6 heteroatoms. The number of carbonyl (C=O) groups excluding carboxylic acids is 2. The molecule has 1 atom stereocenters. The maximum absolute atomic E-state index is 13.0. The van der Waals surface area contributed by atoms with Crippen LogP contribution < -0.4 is 10.6 Å². The van der Waals surface area contributed by atoms with Crippen molar-refractivity contribution in [2.45, 2.75) is 26.4 Å². The Morgan fingerprint density at radius 3 is 2.48 bits per heavy atom. The van der Waals surface area contributed by atoms with Gasteiger partial charge in [0.15, 0.2) is 0 Å². The van der Waals surface area contributed by atoms with Crippen LogP contribution in [0.2, 0.25) is 0 Å². The lowest BCUT2D eigenvalue weighted by molar-refractivity contribution is -0.114. The fourth-order valence-corrected chi connectivity index (χ4v) is 2.41. The highest BCUT2D eigenvalue weighted by molar-refractivity contribution is 5.88. The molecule has 5 nitrogen and oxygen atoms in total. The first-order valence-corrected chi connectivity index (χ1v) is 7.99. The molecule has 0 spiro atoms. The molecule has 2 aromatic carbocycles. The van der Waals surface area contributed by atoms with E-state index in [1.165, 1.54) is 19.1 Å². The van der Waals surface area contributed by atoms with Gasteiger partial charge in [-0.3, -0.25) is 4.79 Å². The summed E-state index contributed by atoms with van der Waals surface area (Å²) in [6, 6.07) is 13.0. The molecule has 2 aromatic rings. The number of anilines is 1. The van der Waals surface area contributed by atoms with Gasteiger partial charge < -0.3 is 15.5 Å². The number of halogens is 1. The van der Waals surface area contributed by atoms with E-state index < -0.39 is 0 Å². The van der Waals surface area contributed by atoms with Crippen molar-refractivity contribution in [1.29, 1.82) is 0 Å². The first-order chi connectivity index (χ1) is 11.9. The van der Waals surface area contributed by atoms with Gasteiger partial charge in [-0.1, -0.05) is 24.3 Å². The van der Waals surface area contributed by atoms with Crippen LogP contribution in [-0.4, -0.2) is 23.9 Å². The van der Waals surface area contributed by atoms with Crippen molar-refractivity contribution in [1.82, 2.24) is 10.2 Å². The average molecular weight is 343 g/mol. The van der Waals surface area contributed by atoms with E-state index in [1.54, 1.807) is 30.1 Å². The van der Waals surface area contributed by atoms with E-state index in [1.807, 2.05) is 25.1 Å². The van der Waals surface area contributed by atoms with Crippen LogP contribution in [0.1, 0.15) is 31.0 Å². The van der Waals surface area contributed by atoms with E-state index in [0.29, 0.717) is 12.2 Å². The summed E-state index contributed by atoms with van der Waals surface area (Å²) < 4.78 is 13.0. The standard InChI is InChI=1S/C19H22FN3O2/c1-13(16-7-9-17(20)10-8-16)23(3)19(25)21-12-15-5-4-6-18(11-15)22-14(2)24/h4-11,13H,12H2,1-3H3,(H,21,25)(H,22,24). The summed E-state index contributed by atoms with van der Waals surface area (Å²) in [6.07, 6.45) is 0. The predicted molar refractivity (Wildman–Crippen MR) is 95.6 cm³/mol. The van der Waals surface area contributed by atoms with E-state index >= 15 is 0 Å². The molecule has 0 fully saturated rings. The molecule has 2 N–H and O–H groups in total. The number of urea groups is 1. The minimum absolute atomic E-state index is 0.144. The highest BCUT2D eigenvalue weighted by atomic mass is 19.1. The van der Waals surface area contributed by atoms with Gasteiger partial charge in [0.2, 0.25) is 5.91 Å². The summed E-state index contributed by atoms with van der Waals surface area (Å²) in [4.78, 5) is 25.0. The van der Waals surface area contributed by atoms with Gasteiger partial charge in [0, 0.05) is 26.2 Å². The Balaban J connectivity index is 1.95. The molecule has 0 aliphatic heterocycles. The maximum Gasteiger partial charge on any atom is 0.317 e. The second-order valence-corrected chi connectivity index (χ2v) is 5.88. The number of benzene rings is 2. The fraction of sp³-hybridized carbons (Fsp3) is 0.263. The number of hydrogen-bond donors (Lipinski definition) is 2. The Hall–Kier alpha value is -2.89. The molecule has 0 bridgehead atoms. The first kappa shape index (κ1) is 18.4. The van der Waals surface area contributed by atoms with Gasteiger partial charge in [-0.05, 0) is 42.3 Å². The number of carbonyl (C=O) groups is 2. The molecule has 0 aromatic heterocycles. The normalized spacial score (nSPS) is 11.5. The van der Waals surface area contributed by atoms with Crippen LogP contribution in [0, 0.1) is 5.82 Å². The van der Waals surface area contributed by atoms with Crippen molar-refractivity contribution >= 4 is 17.6 Å². The monoisotopic (exact) mass is 343 g/mol. The lowest BCUT2D eigenvalue weighted by Crippen LogP contribution is -2.38. The summed E-state index contributed by atoms with van der Waals surface area (Å²) in [7, 11) is 1.69. The van der Waals surface area contributed by atoms with Crippen LogP contribution in [0.3, 0.4) is 0 Å². The van der Waals surface area contributed by atoms with Crippen molar-refractivity contribution in [3.05, 3.63) is 65.5 Å². The molecule has 25 heavy (non-hydrogen) atoms. The molecule has 0 heterocycles. The van der Waals surface area contributed by atoms with Crippen LogP contribution in [0.15, 0.2) is 48.5 Å². The topological polar surface area (TPSA) is 61.4 Å². The van der Waals surface area contributed by atoms with E-state index in [4.69, 9.17) is 0 Å². The Kier molecular flexibility index (Phi) is 6.11. The second kappa shape index (κ2) is 8.28. The van der Waals surface area contributed by atoms with Crippen LogP contribution in [0.25, 0.3) is 0 Å². The van der Waals surface area contributed by atoms with Crippen LogP contribution in [0.5, 0.6) is 0 Å². The molecular weight excluding hydrogens is 321 g/mol. The number of nitrogens with one attached hydrogen (secondary N) is 2. The largest absolute Gasteiger partial charge is 0.334 e. The number of amides is 3. The second-order valence-electron chi connectivity index (χ2n) is 5.88. The van der Waals surface area contributed by atoms with Crippen molar-refractivity contribution < 1.29 is 14.0 Å². The zero-order valence-electron chi connectivity index (χ0n) is 14.5. The number of nitrogens with zero attached hydrogens (tertiary/aromatic N) is 1. The molecule has 0 aliphatic rings. The molecule has 1 unspecified atom stereocenters. The Morgan fingerprint density at radius 1 is 1.16 bits per heavy atom. The summed E-state index contributed by atoms with van der Waals surface area (Å²) in [5, 5.41) is 5.55. The zero-order valence-corrected chi connectivity index (χ0v) is 14.5. The van der Waals surface area contributed by atoms with Crippen molar-refractivity contribution in [2.24, 2.45) is 0 Å². The molecule has 0 saturated heterocycles. The highest BCUT2D eigenvalue weighted by Crippen LogP contribution is 2.19. The molecule has 0 aliphatic carbocycles. The highest BCUT2D eigenvalue weighted by Gasteiger charge is 2.17. The van der Waals surface area contributed by atoms with E-state index in [2.05, 4.69) is 10.6 Å². The van der Waals surface area contributed by atoms with Crippen molar-refractivity contribution in [3.63, 3.8) is 0 Å². The molecule has 132 valence electrons. The molecule has 0 radical (unpaired) electrons. The van der Waals surface area contributed by atoms with Crippen molar-refractivity contribution in [2.75, 3.05) is 12.4 Å². The fourth-order valence-electron chi connectivity index (χ4n) is 2.41. The zero-order chi connectivity index (χ0) is 18.4. The van der Waals surface area contributed by atoms with E-state index in [9.17, 15) is 14.0 Å². The van der Waals surface area contributed by atoms with Gasteiger partial charge in [-0.15, -0.1) is 0 Å². The van der Waals surface area contributed by atoms with Crippen molar-refractivity contribution in [3.8, 4) is 0 Å². The molecule has 2 rings (SSSR count). The van der Waals surface area contributed by atoms with Gasteiger partial charge in [0.05, 0.1) is 6.04 Å². The van der Waals surface area contributed by atoms with Crippen LogP contribution >= 0.6 is 0 Å². The first-order valence-electron chi connectivity index (χ1n) is 7.99. The minimum atomic E-state index is -0.304. The SMILES string of the molecule is CC(=O)Nc1cccc(CNC(=O)N(C)C(C)c2ccc(F)cc2)c1. The van der Waals surface area contributed by atoms with Gasteiger partial charge in [0.25, 0.3) is 0 Å². The van der Waals surface area contributed by atoms with E-state index in [-0.39, 0.29) is 23.8 Å². The van der Waals surface area contributed by atoms with Crippen LogP contribution in [0.4, 0.5) is 14.9 Å². The third kappa shape index (κ3) is 5.31.